The minimum absolute atomic E-state index is 0. The first-order chi connectivity index (χ1) is 12.3. The van der Waals surface area contributed by atoms with Crippen molar-refractivity contribution >= 4 is 12.4 Å². The molecule has 0 bridgehead atoms. The largest absolute Gasteiger partial charge is 1.00 e. The molecule has 2 N–H and O–H groups in total. The van der Waals surface area contributed by atoms with Crippen molar-refractivity contribution in [1.82, 2.24) is 0 Å². The molecular weight excluding hydrogens is 476 g/mol. The molecule has 0 aliphatic heterocycles. The summed E-state index contributed by atoms with van der Waals surface area (Å²) in [6.07, 6.45) is 16.9. The van der Waals surface area contributed by atoms with Crippen LogP contribution in [0.2, 0.25) is 0 Å². The van der Waals surface area contributed by atoms with Crippen LogP contribution >= 0.6 is 0 Å². The Kier molecular flexibility index (Phi) is 14.3. The summed E-state index contributed by atoms with van der Waals surface area (Å²) < 4.78 is 4.31. The lowest BCUT2D eigenvalue weighted by Crippen LogP contribution is -3.00. The van der Waals surface area contributed by atoms with Crippen LogP contribution < -0.4 is 43.1 Å². The second kappa shape index (κ2) is 15.3. The molecule has 0 atom stereocenters. The third kappa shape index (κ3) is 10.2. The monoisotopic (exact) mass is 500 g/mol. The average molecular weight is 502 g/mol. The van der Waals surface area contributed by atoms with Crippen LogP contribution in [-0.2, 0) is 13.1 Å². The molecule has 2 aromatic rings. The molecule has 0 unspecified atom stereocenters. The lowest BCUT2D eigenvalue weighted by atomic mass is 10.1. The summed E-state index contributed by atoms with van der Waals surface area (Å²) in [5, 5.41) is 23.0. The standard InChI is InChI=1S/C19H24N4O2.2BrH/c24-20-16-18-6-12-22(13-7-18)10-4-2-1-3-5-11-23-14-8-19(9-15-23)17-21-25;;/h6-9,12-17H,1-5,10-11H2;2*1H. The molecule has 2 heterocycles. The van der Waals surface area contributed by atoms with Crippen molar-refractivity contribution in [2.24, 2.45) is 10.3 Å². The molecule has 0 spiro atoms. The van der Waals surface area contributed by atoms with Crippen molar-refractivity contribution in [3.05, 3.63) is 60.2 Å². The Morgan fingerprint density at radius 1 is 0.630 bits per heavy atom. The number of unbranched alkanes of at least 4 members (excludes halogenated alkanes) is 4. The number of aryl methyl sites for hydroxylation is 2. The first kappa shape index (κ1) is 25.2. The zero-order chi connectivity index (χ0) is 17.7. The normalized spacial score (nSPS) is 10.7. The maximum Gasteiger partial charge on any atom is 0.169 e. The van der Waals surface area contributed by atoms with E-state index in [0.29, 0.717) is 0 Å². The minimum Gasteiger partial charge on any atom is -1.00 e. The Morgan fingerprint density at radius 2 is 0.963 bits per heavy atom. The van der Waals surface area contributed by atoms with Gasteiger partial charge in [0, 0.05) is 48.2 Å². The number of hydrogen-bond donors (Lipinski definition) is 2. The van der Waals surface area contributed by atoms with Crippen LogP contribution in [0.5, 0.6) is 0 Å². The van der Waals surface area contributed by atoms with E-state index in [4.69, 9.17) is 10.4 Å². The predicted molar refractivity (Wildman–Crippen MR) is 95.1 cm³/mol. The van der Waals surface area contributed by atoms with Gasteiger partial charge in [0.2, 0.25) is 0 Å². The molecule has 0 saturated carbocycles. The van der Waals surface area contributed by atoms with Crippen molar-refractivity contribution in [2.75, 3.05) is 0 Å². The molecule has 2 rings (SSSR count). The molecule has 6 nitrogen and oxygen atoms in total. The third-order valence-electron chi connectivity index (χ3n) is 4.08. The second-order valence-corrected chi connectivity index (χ2v) is 6.00. The number of halogens is 2. The van der Waals surface area contributed by atoms with Gasteiger partial charge in [0.1, 0.15) is 13.1 Å². The summed E-state index contributed by atoms with van der Waals surface area (Å²) in [6, 6.07) is 7.76. The highest BCUT2D eigenvalue weighted by Gasteiger charge is 2.02. The van der Waals surface area contributed by atoms with Crippen LogP contribution in [0.3, 0.4) is 0 Å². The quantitative estimate of drug-likeness (QED) is 0.117. The molecule has 27 heavy (non-hydrogen) atoms. The van der Waals surface area contributed by atoms with Crippen molar-refractivity contribution in [2.45, 2.75) is 45.2 Å². The predicted octanol–water partition coefficient (Wildman–Crippen LogP) is -3.46. The first-order valence-electron chi connectivity index (χ1n) is 8.65. The van der Waals surface area contributed by atoms with Gasteiger partial charge in [-0.2, -0.15) is 0 Å². The summed E-state index contributed by atoms with van der Waals surface area (Å²) >= 11 is 0. The zero-order valence-electron chi connectivity index (χ0n) is 15.2. The maximum atomic E-state index is 8.49. The molecule has 0 aliphatic carbocycles. The SMILES string of the molecule is O/N=C/c1cc[n+](CCCCCCC[n+]2ccc(/C=N/O)cc2)cc1.[Br-].[Br-]. The van der Waals surface area contributed by atoms with Gasteiger partial charge in [0.05, 0.1) is 12.4 Å². The van der Waals surface area contributed by atoms with E-state index in [-0.39, 0.29) is 34.0 Å². The molecule has 0 saturated heterocycles. The van der Waals surface area contributed by atoms with Crippen molar-refractivity contribution < 1.29 is 53.5 Å². The third-order valence-corrected chi connectivity index (χ3v) is 4.08. The van der Waals surface area contributed by atoms with Crippen LogP contribution in [0.25, 0.3) is 0 Å². The number of nitrogens with zero attached hydrogens (tertiary/aromatic N) is 4. The fraction of sp³-hybridized carbons (Fsp3) is 0.368. The molecule has 0 radical (unpaired) electrons. The lowest BCUT2D eigenvalue weighted by Gasteiger charge is -2.00. The van der Waals surface area contributed by atoms with Gasteiger partial charge in [-0.25, -0.2) is 9.13 Å². The van der Waals surface area contributed by atoms with E-state index in [1.165, 1.54) is 44.5 Å². The van der Waals surface area contributed by atoms with Gasteiger partial charge in [0.25, 0.3) is 0 Å². The van der Waals surface area contributed by atoms with E-state index in [1.807, 2.05) is 49.1 Å². The Bertz CT molecular complexity index is 618. The Labute approximate surface area is 181 Å². The first-order valence-corrected chi connectivity index (χ1v) is 8.65. The summed E-state index contributed by atoms with van der Waals surface area (Å²) in [4.78, 5) is 0. The second-order valence-electron chi connectivity index (χ2n) is 6.00. The van der Waals surface area contributed by atoms with Crippen LogP contribution in [0.1, 0.15) is 43.2 Å². The zero-order valence-corrected chi connectivity index (χ0v) is 18.3. The van der Waals surface area contributed by atoms with Crippen LogP contribution in [0.15, 0.2) is 59.4 Å². The molecule has 2 aromatic heterocycles. The molecule has 148 valence electrons. The number of pyridine rings is 2. The molecule has 0 fully saturated rings. The fourth-order valence-corrected chi connectivity index (χ4v) is 2.66. The van der Waals surface area contributed by atoms with Gasteiger partial charge >= 0.3 is 0 Å². The topological polar surface area (TPSA) is 72.9 Å². The van der Waals surface area contributed by atoms with Crippen LogP contribution in [-0.4, -0.2) is 22.8 Å². The van der Waals surface area contributed by atoms with Gasteiger partial charge in [-0.3, -0.25) is 0 Å². The molecule has 8 heteroatoms. The maximum absolute atomic E-state index is 8.49. The number of rotatable bonds is 10. The Balaban J connectivity index is 0.00000338. The van der Waals surface area contributed by atoms with Crippen LogP contribution in [0, 0.1) is 0 Å². The highest BCUT2D eigenvalue weighted by Crippen LogP contribution is 2.03. The number of oxime groups is 2. The molecular formula is C19H26Br2N4O2. The highest BCUT2D eigenvalue weighted by atomic mass is 79.9. The van der Waals surface area contributed by atoms with Gasteiger partial charge in [-0.15, -0.1) is 0 Å². The van der Waals surface area contributed by atoms with E-state index in [2.05, 4.69) is 19.4 Å². The van der Waals surface area contributed by atoms with E-state index >= 15 is 0 Å². The fourth-order valence-electron chi connectivity index (χ4n) is 2.66. The summed E-state index contributed by atoms with van der Waals surface area (Å²) in [7, 11) is 0. The van der Waals surface area contributed by atoms with Gasteiger partial charge in [-0.05, 0) is 12.8 Å². The van der Waals surface area contributed by atoms with Gasteiger partial charge < -0.3 is 44.4 Å². The van der Waals surface area contributed by atoms with E-state index < -0.39 is 0 Å². The van der Waals surface area contributed by atoms with Crippen molar-refractivity contribution in [3.63, 3.8) is 0 Å². The average Bonchev–Trinajstić information content (AvgIpc) is 2.64. The summed E-state index contributed by atoms with van der Waals surface area (Å²) in [5.74, 6) is 0. The molecule has 0 aromatic carbocycles. The summed E-state index contributed by atoms with van der Waals surface area (Å²) in [5.41, 5.74) is 1.79. The van der Waals surface area contributed by atoms with E-state index in [9.17, 15) is 0 Å². The van der Waals surface area contributed by atoms with Crippen molar-refractivity contribution in [3.8, 4) is 0 Å². The van der Waals surface area contributed by atoms with Gasteiger partial charge in [-0.1, -0.05) is 16.7 Å². The van der Waals surface area contributed by atoms with Gasteiger partial charge in [0.15, 0.2) is 24.8 Å². The molecule has 0 amide bonds. The van der Waals surface area contributed by atoms with E-state index in [1.54, 1.807) is 0 Å². The Morgan fingerprint density at radius 3 is 1.30 bits per heavy atom. The Hall–Kier alpha value is -1.80. The van der Waals surface area contributed by atoms with E-state index in [0.717, 1.165) is 24.2 Å². The lowest BCUT2D eigenvalue weighted by molar-refractivity contribution is -0.697. The summed E-state index contributed by atoms with van der Waals surface area (Å²) in [6.45, 7) is 2.03. The smallest absolute Gasteiger partial charge is 0.169 e. The highest BCUT2D eigenvalue weighted by molar-refractivity contribution is 5.78. The van der Waals surface area contributed by atoms with Crippen LogP contribution in [0.4, 0.5) is 0 Å². The molecule has 0 aliphatic rings. The minimum atomic E-state index is 0. The number of hydrogen-bond acceptors (Lipinski definition) is 4. The number of aromatic nitrogens is 2. The van der Waals surface area contributed by atoms with Crippen molar-refractivity contribution in [1.29, 1.82) is 0 Å².